The maximum Gasteiger partial charge on any atom is 0.446 e. The van der Waals surface area contributed by atoms with Crippen LogP contribution >= 0.6 is 11.8 Å². The minimum absolute atomic E-state index is 0.0720. The van der Waals surface area contributed by atoms with E-state index in [9.17, 15) is 22.8 Å². The Morgan fingerprint density at radius 1 is 0.783 bits per heavy atom. The number of hydrogen-bond acceptors (Lipinski definition) is 7. The highest BCUT2D eigenvalue weighted by atomic mass is 32.2. The van der Waals surface area contributed by atoms with Crippen LogP contribution in [0.15, 0.2) is 90.1 Å². The van der Waals surface area contributed by atoms with E-state index in [1.165, 1.54) is 38.5 Å². The molecule has 12 heteroatoms. The molecule has 0 aliphatic carbocycles. The normalized spacial score (nSPS) is 18.1. The van der Waals surface area contributed by atoms with Gasteiger partial charge in [-0.1, -0.05) is 50.2 Å². The van der Waals surface area contributed by atoms with Gasteiger partial charge in [-0.15, -0.1) is 0 Å². The molecule has 1 aliphatic rings. The Kier molecular flexibility index (Phi) is 8.01. The standard InChI is InChI=1S/C34H29F3N4O4S/c1-19(29-23-9-5-7-11-25(23)38-17-27(29)44-3)33(20(2)30-24-10-6-8-12-26(24)39-18-28(30)45-4)31(42)41(32(43)40-33)21-13-15-22(16-14-21)46-34(35,36)37/h5-20H,1-4H3,(H,40,43). The molecule has 2 aromatic heterocycles. The largest absolute Gasteiger partial charge is 0.495 e. The fraction of sp³-hybridized carbons (Fsp3) is 0.235. The molecule has 8 nitrogen and oxygen atoms in total. The number of amides is 3. The molecule has 2 unspecified atom stereocenters. The maximum atomic E-state index is 15.0. The van der Waals surface area contributed by atoms with Crippen molar-refractivity contribution >= 4 is 51.2 Å². The van der Waals surface area contributed by atoms with E-state index in [-0.39, 0.29) is 22.3 Å². The van der Waals surface area contributed by atoms with Crippen LogP contribution in [0.1, 0.15) is 36.8 Å². The van der Waals surface area contributed by atoms with Crippen LogP contribution in [0, 0.1) is 0 Å². The van der Waals surface area contributed by atoms with Gasteiger partial charge in [0.2, 0.25) is 0 Å². The number of aromatic nitrogens is 2. The summed E-state index contributed by atoms with van der Waals surface area (Å²) < 4.78 is 50.6. The lowest BCUT2D eigenvalue weighted by molar-refractivity contribution is -0.123. The zero-order valence-electron chi connectivity index (χ0n) is 25.3. The molecule has 1 saturated heterocycles. The molecule has 3 heterocycles. The lowest BCUT2D eigenvalue weighted by Crippen LogP contribution is -2.55. The Bertz CT molecular complexity index is 1880. The molecule has 1 N–H and O–H groups in total. The van der Waals surface area contributed by atoms with E-state index in [4.69, 9.17) is 9.47 Å². The van der Waals surface area contributed by atoms with Gasteiger partial charge in [-0.3, -0.25) is 14.8 Å². The number of halogens is 3. The lowest BCUT2D eigenvalue weighted by atomic mass is 9.68. The molecule has 0 saturated carbocycles. The van der Waals surface area contributed by atoms with Crippen molar-refractivity contribution in [3.63, 3.8) is 0 Å². The SMILES string of the molecule is COc1cnc2ccccc2c1C(C)C1(C(C)c2c(OC)cnc3ccccc23)NC(=O)N(c2ccc(SC(F)(F)F)cc2)C1=O. The third-order valence-electron chi connectivity index (χ3n) is 8.64. The number of nitrogens with zero attached hydrogens (tertiary/aromatic N) is 3. The van der Waals surface area contributed by atoms with Crippen LogP contribution in [-0.2, 0) is 4.79 Å². The van der Waals surface area contributed by atoms with Crippen LogP contribution in [-0.4, -0.2) is 47.2 Å². The number of para-hydroxylation sites is 2. The number of nitrogens with one attached hydrogen (secondary N) is 1. The number of benzene rings is 3. The number of carbonyl (C=O) groups excluding carboxylic acids is 2. The third-order valence-corrected chi connectivity index (χ3v) is 9.37. The van der Waals surface area contributed by atoms with Crippen LogP contribution in [0.2, 0.25) is 0 Å². The minimum atomic E-state index is -4.49. The first kappa shape index (κ1) is 31.2. The van der Waals surface area contributed by atoms with E-state index in [1.807, 2.05) is 62.4 Å². The highest BCUT2D eigenvalue weighted by Gasteiger charge is 2.60. The fourth-order valence-electron chi connectivity index (χ4n) is 6.52. The van der Waals surface area contributed by atoms with Crippen molar-refractivity contribution in [1.29, 1.82) is 0 Å². The molecule has 0 bridgehead atoms. The number of imide groups is 1. The van der Waals surface area contributed by atoms with Gasteiger partial charge in [0.15, 0.2) is 0 Å². The number of hydrogen-bond donors (Lipinski definition) is 1. The maximum absolute atomic E-state index is 15.0. The van der Waals surface area contributed by atoms with Crippen molar-refractivity contribution in [3.05, 3.63) is 96.3 Å². The fourth-order valence-corrected chi connectivity index (χ4v) is 7.06. The first-order valence-electron chi connectivity index (χ1n) is 14.4. The predicted octanol–water partition coefficient (Wildman–Crippen LogP) is 7.81. The third kappa shape index (κ3) is 5.16. The van der Waals surface area contributed by atoms with Crippen molar-refractivity contribution in [2.45, 2.75) is 41.6 Å². The summed E-state index contributed by atoms with van der Waals surface area (Å²) in [4.78, 5) is 38.9. The number of carbonyl (C=O) groups is 2. The zero-order valence-corrected chi connectivity index (χ0v) is 26.1. The molecule has 3 amide bonds. The van der Waals surface area contributed by atoms with Crippen molar-refractivity contribution in [2.24, 2.45) is 0 Å². The molecule has 46 heavy (non-hydrogen) atoms. The van der Waals surface area contributed by atoms with E-state index in [2.05, 4.69) is 15.3 Å². The van der Waals surface area contributed by atoms with Crippen LogP contribution < -0.4 is 19.7 Å². The van der Waals surface area contributed by atoms with Gasteiger partial charge in [-0.25, -0.2) is 9.69 Å². The topological polar surface area (TPSA) is 93.7 Å². The highest BCUT2D eigenvalue weighted by molar-refractivity contribution is 8.00. The van der Waals surface area contributed by atoms with E-state index in [0.29, 0.717) is 33.7 Å². The summed E-state index contributed by atoms with van der Waals surface area (Å²) in [5.74, 6) is -1.16. The summed E-state index contributed by atoms with van der Waals surface area (Å²) in [6.07, 6.45) is 3.18. The van der Waals surface area contributed by atoms with E-state index >= 15 is 0 Å². The first-order chi connectivity index (χ1) is 22.0. The second kappa shape index (κ2) is 11.8. The van der Waals surface area contributed by atoms with Crippen LogP contribution in [0.3, 0.4) is 0 Å². The Hall–Kier alpha value is -4.84. The number of anilines is 1. The van der Waals surface area contributed by atoms with Gasteiger partial charge in [0.25, 0.3) is 5.91 Å². The Morgan fingerprint density at radius 2 is 1.26 bits per heavy atom. The van der Waals surface area contributed by atoms with Crippen molar-refractivity contribution in [1.82, 2.24) is 15.3 Å². The Morgan fingerprint density at radius 3 is 1.72 bits per heavy atom. The van der Waals surface area contributed by atoms with Crippen molar-refractivity contribution < 1.29 is 32.2 Å². The smallest absolute Gasteiger partial charge is 0.446 e. The molecule has 1 aliphatic heterocycles. The summed E-state index contributed by atoms with van der Waals surface area (Å²) in [6, 6.07) is 19.3. The summed E-state index contributed by atoms with van der Waals surface area (Å²) in [6.45, 7) is 3.70. The second-order valence-corrected chi connectivity index (χ2v) is 12.1. The number of urea groups is 1. The average molecular weight is 647 g/mol. The molecule has 0 radical (unpaired) electrons. The van der Waals surface area contributed by atoms with E-state index in [0.717, 1.165) is 15.7 Å². The molecular formula is C34H29F3N4O4S. The monoisotopic (exact) mass is 646 g/mol. The van der Waals surface area contributed by atoms with Crippen LogP contribution in [0.25, 0.3) is 21.8 Å². The second-order valence-electron chi connectivity index (χ2n) is 10.9. The quantitative estimate of drug-likeness (QED) is 0.136. The number of rotatable bonds is 8. The van der Waals surface area contributed by atoms with Gasteiger partial charge < -0.3 is 14.8 Å². The molecule has 2 atom stereocenters. The number of alkyl halides is 3. The number of methoxy groups -OCH3 is 2. The van der Waals surface area contributed by atoms with E-state index in [1.54, 1.807) is 12.4 Å². The number of ether oxygens (including phenoxy) is 2. The number of pyridine rings is 2. The summed E-state index contributed by atoms with van der Waals surface area (Å²) in [5.41, 5.74) is -3.33. The number of fused-ring (bicyclic) bond motifs is 2. The van der Waals surface area contributed by atoms with Gasteiger partial charge in [0.1, 0.15) is 17.0 Å². The van der Waals surface area contributed by atoms with Crippen LogP contribution in [0.4, 0.5) is 23.7 Å². The lowest BCUT2D eigenvalue weighted by Gasteiger charge is -2.40. The minimum Gasteiger partial charge on any atom is -0.495 e. The van der Waals surface area contributed by atoms with E-state index < -0.39 is 34.8 Å². The van der Waals surface area contributed by atoms with Gasteiger partial charge in [-0.05, 0) is 48.2 Å². The molecule has 236 valence electrons. The Balaban J connectivity index is 1.58. The molecular weight excluding hydrogens is 617 g/mol. The average Bonchev–Trinajstić information content (AvgIpc) is 3.32. The molecule has 0 spiro atoms. The molecule has 3 aromatic carbocycles. The van der Waals surface area contributed by atoms with Gasteiger partial charge in [0, 0.05) is 38.6 Å². The zero-order chi connectivity index (χ0) is 32.8. The van der Waals surface area contributed by atoms with Gasteiger partial charge in [-0.2, -0.15) is 13.2 Å². The number of thioether (sulfide) groups is 1. The summed E-state index contributed by atoms with van der Waals surface area (Å²) in [7, 11) is 3.03. The van der Waals surface area contributed by atoms with Crippen LogP contribution in [0.5, 0.6) is 11.5 Å². The predicted molar refractivity (Wildman–Crippen MR) is 171 cm³/mol. The van der Waals surface area contributed by atoms with Crippen molar-refractivity contribution in [2.75, 3.05) is 19.1 Å². The highest BCUT2D eigenvalue weighted by Crippen LogP contribution is 2.51. The first-order valence-corrected chi connectivity index (χ1v) is 15.2. The van der Waals surface area contributed by atoms with Gasteiger partial charge in [0.05, 0.1) is 43.3 Å². The van der Waals surface area contributed by atoms with Gasteiger partial charge >= 0.3 is 11.5 Å². The summed E-state index contributed by atoms with van der Waals surface area (Å²) >= 11 is -0.276. The Labute approximate surface area is 266 Å². The molecule has 5 aromatic rings. The summed E-state index contributed by atoms with van der Waals surface area (Å²) in [5, 5.41) is 4.52. The van der Waals surface area contributed by atoms with Crippen molar-refractivity contribution in [3.8, 4) is 11.5 Å². The molecule has 6 rings (SSSR count). The molecule has 1 fully saturated rings.